The van der Waals surface area contributed by atoms with E-state index in [1.807, 2.05) is 44.2 Å². The van der Waals surface area contributed by atoms with Crippen LogP contribution >= 0.6 is 0 Å². The fraction of sp³-hybridized carbons (Fsp3) is 0.150. The predicted octanol–water partition coefficient (Wildman–Crippen LogP) is 3.70. The second kappa shape index (κ2) is 6.14. The molecule has 0 bridgehead atoms. The Balaban J connectivity index is 2.35. The van der Waals surface area contributed by atoms with Gasteiger partial charge in [-0.25, -0.2) is 4.98 Å². The maximum absolute atomic E-state index is 9.57. The molecule has 2 aromatic rings. The third kappa shape index (κ3) is 2.43. The molecule has 25 heavy (non-hydrogen) atoms. The highest BCUT2D eigenvalue weighted by Gasteiger charge is 2.29. The zero-order chi connectivity index (χ0) is 18.1. The van der Waals surface area contributed by atoms with Crippen molar-refractivity contribution in [2.75, 3.05) is 12.8 Å². The van der Waals surface area contributed by atoms with Gasteiger partial charge in [-0.3, -0.25) is 0 Å². The molecule has 0 saturated heterocycles. The van der Waals surface area contributed by atoms with Gasteiger partial charge in [0.25, 0.3) is 0 Å². The molecular formula is C20H16N4O. The molecule has 1 aromatic carbocycles. The van der Waals surface area contributed by atoms with Gasteiger partial charge in [0, 0.05) is 11.1 Å². The Hall–Kier alpha value is -3.57. The number of rotatable bonds is 2. The molecule has 0 atom stereocenters. The van der Waals surface area contributed by atoms with E-state index in [1.54, 1.807) is 7.11 Å². The number of nitrogen functional groups attached to an aromatic ring is 1. The van der Waals surface area contributed by atoms with E-state index in [0.29, 0.717) is 16.8 Å². The van der Waals surface area contributed by atoms with Gasteiger partial charge >= 0.3 is 0 Å². The van der Waals surface area contributed by atoms with Gasteiger partial charge in [-0.1, -0.05) is 18.2 Å². The molecule has 1 heterocycles. The first-order valence-corrected chi connectivity index (χ1v) is 7.70. The van der Waals surface area contributed by atoms with Crippen LogP contribution in [0.1, 0.15) is 34.9 Å². The number of methoxy groups -OCH3 is 1. The van der Waals surface area contributed by atoms with Crippen LogP contribution in [0.4, 0.5) is 5.82 Å². The Morgan fingerprint density at radius 2 is 1.88 bits per heavy atom. The van der Waals surface area contributed by atoms with Crippen molar-refractivity contribution in [1.29, 1.82) is 10.5 Å². The number of fused-ring (bicyclic) bond motifs is 1. The first-order valence-electron chi connectivity index (χ1n) is 7.70. The maximum atomic E-state index is 9.57. The Morgan fingerprint density at radius 1 is 1.16 bits per heavy atom. The van der Waals surface area contributed by atoms with E-state index in [2.05, 4.69) is 17.1 Å². The van der Waals surface area contributed by atoms with E-state index >= 15 is 0 Å². The van der Waals surface area contributed by atoms with Crippen molar-refractivity contribution in [1.82, 2.24) is 4.98 Å². The molecule has 1 aliphatic rings. The Morgan fingerprint density at radius 3 is 2.52 bits per heavy atom. The van der Waals surface area contributed by atoms with Gasteiger partial charge in [-0.2, -0.15) is 10.5 Å². The zero-order valence-corrected chi connectivity index (χ0v) is 14.2. The molecule has 0 spiro atoms. The number of nitrogens with zero attached hydrogens (tertiary/aromatic N) is 3. The molecule has 1 aliphatic carbocycles. The molecule has 0 fully saturated rings. The summed E-state index contributed by atoms with van der Waals surface area (Å²) in [5, 5.41) is 19.0. The number of allylic oxidation sites excluding steroid dienone is 3. The van der Waals surface area contributed by atoms with E-state index in [4.69, 9.17) is 10.5 Å². The van der Waals surface area contributed by atoms with E-state index < -0.39 is 0 Å². The molecule has 2 N–H and O–H groups in total. The number of pyridine rings is 1. The number of anilines is 1. The Bertz CT molecular complexity index is 1030. The third-order valence-corrected chi connectivity index (χ3v) is 4.42. The molecule has 1 aromatic heterocycles. The summed E-state index contributed by atoms with van der Waals surface area (Å²) in [7, 11) is 1.62. The molecular weight excluding hydrogens is 312 g/mol. The average Bonchev–Trinajstić information content (AvgIpc) is 2.87. The van der Waals surface area contributed by atoms with E-state index in [0.717, 1.165) is 33.6 Å². The number of hydrogen-bond donors (Lipinski definition) is 1. The third-order valence-electron chi connectivity index (χ3n) is 4.42. The van der Waals surface area contributed by atoms with Crippen molar-refractivity contribution in [2.24, 2.45) is 0 Å². The molecule has 0 amide bonds. The standard InChI is InChI=1S/C20H16N4O/c1-11-14(8-13-6-4-5-7-17(13)25-3)18-12(2)16(10-22)20(23)24-19(18)15(11)9-21/h4-8H,1-3H3,(H2,23,24)/b14-8-. The molecule has 5 nitrogen and oxygen atoms in total. The summed E-state index contributed by atoms with van der Waals surface area (Å²) in [6.07, 6.45) is 1.96. The zero-order valence-electron chi connectivity index (χ0n) is 14.2. The second-order valence-electron chi connectivity index (χ2n) is 5.74. The van der Waals surface area contributed by atoms with Crippen molar-refractivity contribution >= 4 is 23.0 Å². The lowest BCUT2D eigenvalue weighted by Gasteiger charge is -2.11. The quantitative estimate of drug-likeness (QED) is 0.906. The maximum Gasteiger partial charge on any atom is 0.142 e. The summed E-state index contributed by atoms with van der Waals surface area (Å²) in [4.78, 5) is 4.33. The van der Waals surface area contributed by atoms with Gasteiger partial charge in [0.05, 0.1) is 23.9 Å². The van der Waals surface area contributed by atoms with Crippen molar-refractivity contribution in [3.63, 3.8) is 0 Å². The summed E-state index contributed by atoms with van der Waals surface area (Å²) < 4.78 is 5.41. The van der Waals surface area contributed by atoms with E-state index in [9.17, 15) is 10.5 Å². The highest BCUT2D eigenvalue weighted by Crippen LogP contribution is 2.44. The van der Waals surface area contributed by atoms with Gasteiger partial charge in [-0.15, -0.1) is 0 Å². The first kappa shape index (κ1) is 16.3. The normalized spacial score (nSPS) is 14.2. The monoisotopic (exact) mass is 328 g/mol. The Labute approximate surface area is 146 Å². The minimum Gasteiger partial charge on any atom is -0.496 e. The Kier molecular flexibility index (Phi) is 4.00. The highest BCUT2D eigenvalue weighted by atomic mass is 16.5. The van der Waals surface area contributed by atoms with Crippen LogP contribution in [0.2, 0.25) is 0 Å². The molecule has 5 heteroatoms. The summed E-state index contributed by atoms with van der Waals surface area (Å²) in [5.41, 5.74) is 11.3. The first-order chi connectivity index (χ1) is 12.0. The lowest BCUT2D eigenvalue weighted by molar-refractivity contribution is 0.414. The molecule has 122 valence electrons. The number of ether oxygens (including phenoxy) is 1. The smallest absolute Gasteiger partial charge is 0.142 e. The highest BCUT2D eigenvalue weighted by molar-refractivity contribution is 6.09. The average molecular weight is 328 g/mol. The van der Waals surface area contributed by atoms with E-state index in [-0.39, 0.29) is 5.82 Å². The summed E-state index contributed by atoms with van der Waals surface area (Å²) in [6.45, 7) is 3.71. The van der Waals surface area contributed by atoms with Crippen molar-refractivity contribution in [3.05, 3.63) is 57.8 Å². The summed E-state index contributed by atoms with van der Waals surface area (Å²) in [5.74, 6) is 0.883. The van der Waals surface area contributed by atoms with Crippen LogP contribution in [-0.2, 0) is 0 Å². The van der Waals surface area contributed by atoms with Crippen LogP contribution < -0.4 is 10.5 Å². The van der Waals surface area contributed by atoms with Gasteiger partial charge in [-0.05, 0) is 42.7 Å². The predicted molar refractivity (Wildman–Crippen MR) is 97.2 cm³/mol. The summed E-state index contributed by atoms with van der Waals surface area (Å²) >= 11 is 0. The number of benzene rings is 1. The molecule has 0 radical (unpaired) electrons. The molecule has 0 aliphatic heterocycles. The summed E-state index contributed by atoms with van der Waals surface area (Å²) in [6, 6.07) is 12.0. The topological polar surface area (TPSA) is 95.7 Å². The largest absolute Gasteiger partial charge is 0.496 e. The van der Waals surface area contributed by atoms with Crippen LogP contribution in [0.5, 0.6) is 5.75 Å². The minimum absolute atomic E-state index is 0.151. The number of para-hydroxylation sites is 1. The van der Waals surface area contributed by atoms with Gasteiger partial charge in [0.2, 0.25) is 0 Å². The molecule has 0 saturated carbocycles. The van der Waals surface area contributed by atoms with Crippen molar-refractivity contribution in [2.45, 2.75) is 13.8 Å². The lowest BCUT2D eigenvalue weighted by Crippen LogP contribution is -2.03. The van der Waals surface area contributed by atoms with Crippen LogP contribution in [-0.4, -0.2) is 12.1 Å². The van der Waals surface area contributed by atoms with Gasteiger partial charge < -0.3 is 10.5 Å². The van der Waals surface area contributed by atoms with E-state index in [1.165, 1.54) is 0 Å². The lowest BCUT2D eigenvalue weighted by atomic mass is 9.95. The van der Waals surface area contributed by atoms with Crippen LogP contribution in [0.25, 0.3) is 17.2 Å². The number of nitrogens with two attached hydrogens (primary N) is 1. The SMILES string of the molecule is COc1ccccc1/C=C1/C(C)=C(C#N)c2nc(N)c(C#N)c(C)c21. The van der Waals surface area contributed by atoms with Crippen LogP contribution in [0, 0.1) is 29.6 Å². The molecule has 3 rings (SSSR count). The van der Waals surface area contributed by atoms with Crippen molar-refractivity contribution in [3.8, 4) is 17.9 Å². The molecule has 0 unspecified atom stereocenters. The number of aromatic nitrogens is 1. The van der Waals surface area contributed by atoms with Crippen LogP contribution in [0.3, 0.4) is 0 Å². The number of nitriles is 2. The van der Waals surface area contributed by atoms with Crippen LogP contribution in [0.15, 0.2) is 29.8 Å². The second-order valence-corrected chi connectivity index (χ2v) is 5.74. The van der Waals surface area contributed by atoms with Gasteiger partial charge in [0.15, 0.2) is 0 Å². The van der Waals surface area contributed by atoms with Gasteiger partial charge in [0.1, 0.15) is 23.7 Å². The fourth-order valence-electron chi connectivity index (χ4n) is 3.14. The van der Waals surface area contributed by atoms with Crippen molar-refractivity contribution < 1.29 is 4.74 Å². The minimum atomic E-state index is 0.151. The number of hydrogen-bond acceptors (Lipinski definition) is 5. The fourth-order valence-corrected chi connectivity index (χ4v) is 3.14.